The maximum absolute atomic E-state index is 11.6. The van der Waals surface area contributed by atoms with Crippen molar-refractivity contribution in [3.05, 3.63) is 24.3 Å². The smallest absolute Gasteiger partial charge is 0.344 e. The van der Waals surface area contributed by atoms with Gasteiger partial charge >= 0.3 is 5.97 Å². The summed E-state index contributed by atoms with van der Waals surface area (Å²) in [7, 11) is 1.53. The molecule has 0 radical (unpaired) electrons. The number of carbonyl (C=O) groups excluding carboxylic acids is 2. The number of esters is 1. The van der Waals surface area contributed by atoms with Gasteiger partial charge in [0.15, 0.2) is 18.1 Å². The lowest BCUT2D eigenvalue weighted by molar-refractivity contribution is -0.146. The Balaban J connectivity index is 2.10. The van der Waals surface area contributed by atoms with E-state index in [9.17, 15) is 9.59 Å². The third-order valence-electron chi connectivity index (χ3n) is 3.36. The molecule has 0 spiro atoms. The van der Waals surface area contributed by atoms with Crippen LogP contribution in [0.25, 0.3) is 0 Å². The molecule has 6 nitrogen and oxygen atoms in total. The third-order valence-corrected chi connectivity index (χ3v) is 3.36. The molecule has 0 aliphatic carbocycles. The summed E-state index contributed by atoms with van der Waals surface area (Å²) in [5, 5.41) is 2.73. The molecule has 1 amide bonds. The van der Waals surface area contributed by atoms with Gasteiger partial charge in [0.1, 0.15) is 6.61 Å². The second-order valence-electron chi connectivity index (χ2n) is 5.32. The van der Waals surface area contributed by atoms with E-state index in [1.807, 2.05) is 6.07 Å². The molecule has 1 aromatic carbocycles. The first kappa shape index (κ1) is 19.8. The van der Waals surface area contributed by atoms with Crippen LogP contribution in [-0.4, -0.2) is 38.7 Å². The van der Waals surface area contributed by atoms with Crippen molar-refractivity contribution in [2.75, 3.05) is 26.9 Å². The van der Waals surface area contributed by atoms with Crippen LogP contribution in [0, 0.1) is 0 Å². The normalized spacial score (nSPS) is 10.1. The summed E-state index contributed by atoms with van der Waals surface area (Å²) in [4.78, 5) is 23.1. The second kappa shape index (κ2) is 12.2. The van der Waals surface area contributed by atoms with E-state index in [2.05, 4.69) is 12.2 Å². The lowest BCUT2D eigenvalue weighted by atomic mass is 10.1. The molecule has 0 saturated heterocycles. The number of nitrogens with one attached hydrogen (secondary N) is 1. The lowest BCUT2D eigenvalue weighted by Crippen LogP contribution is -2.28. The van der Waals surface area contributed by atoms with E-state index < -0.39 is 5.97 Å². The van der Waals surface area contributed by atoms with E-state index in [0.29, 0.717) is 24.5 Å². The zero-order valence-corrected chi connectivity index (χ0v) is 14.5. The number of rotatable bonds is 12. The number of hydrogen-bond acceptors (Lipinski definition) is 5. The van der Waals surface area contributed by atoms with Gasteiger partial charge in [0.05, 0.1) is 13.7 Å². The number of hydrogen-bond donors (Lipinski definition) is 1. The van der Waals surface area contributed by atoms with Gasteiger partial charge in [-0.15, -0.1) is 0 Å². The van der Waals surface area contributed by atoms with Crippen LogP contribution in [0.3, 0.4) is 0 Å². The van der Waals surface area contributed by atoms with E-state index in [1.54, 1.807) is 18.2 Å². The van der Waals surface area contributed by atoms with Crippen molar-refractivity contribution in [3.63, 3.8) is 0 Å². The van der Waals surface area contributed by atoms with Gasteiger partial charge in [-0.05, 0) is 18.6 Å². The zero-order valence-electron chi connectivity index (χ0n) is 14.5. The second-order valence-corrected chi connectivity index (χ2v) is 5.32. The summed E-state index contributed by atoms with van der Waals surface area (Å²) in [5.74, 6) is 0.545. The van der Waals surface area contributed by atoms with Crippen LogP contribution in [0.1, 0.15) is 39.0 Å². The zero-order chi connectivity index (χ0) is 17.6. The van der Waals surface area contributed by atoms with Crippen molar-refractivity contribution in [1.29, 1.82) is 0 Å². The summed E-state index contributed by atoms with van der Waals surface area (Å²) < 4.78 is 15.5. The monoisotopic (exact) mass is 337 g/mol. The van der Waals surface area contributed by atoms with Crippen LogP contribution in [0.15, 0.2) is 24.3 Å². The molecule has 0 atom stereocenters. The number of benzene rings is 1. The molecule has 0 unspecified atom stereocenters. The number of unbranched alkanes of at least 4 members (excludes halogenated alkanes) is 3. The quantitative estimate of drug-likeness (QED) is 0.469. The first-order valence-corrected chi connectivity index (χ1v) is 8.35. The minimum Gasteiger partial charge on any atom is -0.493 e. The third kappa shape index (κ3) is 8.41. The molecule has 0 bridgehead atoms. The molecule has 0 heterocycles. The lowest BCUT2D eigenvalue weighted by Gasteiger charge is -2.10. The minimum atomic E-state index is -0.488. The van der Waals surface area contributed by atoms with E-state index in [4.69, 9.17) is 14.2 Å². The Labute approximate surface area is 143 Å². The molecule has 1 aromatic rings. The summed E-state index contributed by atoms with van der Waals surface area (Å²) >= 11 is 0. The Bertz CT molecular complexity index is 504. The summed E-state index contributed by atoms with van der Waals surface area (Å²) in [6.07, 6.45) is 4.78. The maximum atomic E-state index is 11.6. The molecule has 1 N–H and O–H groups in total. The molecule has 0 saturated carbocycles. The average molecular weight is 337 g/mol. The highest BCUT2D eigenvalue weighted by molar-refractivity contribution is 5.75. The highest BCUT2D eigenvalue weighted by Gasteiger charge is 2.08. The molecule has 24 heavy (non-hydrogen) atoms. The Kier molecular flexibility index (Phi) is 10.1. The SMILES string of the molecule is CCCCCCC(=O)NCCOC(=O)COc1ccccc1OC. The van der Waals surface area contributed by atoms with Crippen molar-refractivity contribution < 1.29 is 23.8 Å². The van der Waals surface area contributed by atoms with E-state index >= 15 is 0 Å². The van der Waals surface area contributed by atoms with Crippen molar-refractivity contribution >= 4 is 11.9 Å². The van der Waals surface area contributed by atoms with Crippen molar-refractivity contribution in [3.8, 4) is 11.5 Å². The van der Waals surface area contributed by atoms with Crippen molar-refractivity contribution in [2.24, 2.45) is 0 Å². The van der Waals surface area contributed by atoms with Gasteiger partial charge in [-0.1, -0.05) is 38.3 Å². The molecule has 1 rings (SSSR count). The molecule has 0 aliphatic rings. The Hall–Kier alpha value is -2.24. The summed E-state index contributed by atoms with van der Waals surface area (Å²) in [5.41, 5.74) is 0. The standard InChI is InChI=1S/C18H27NO5/c1-3-4-5-6-11-17(20)19-12-13-23-18(21)14-24-16-10-8-7-9-15(16)22-2/h7-10H,3-6,11-14H2,1-2H3,(H,19,20). The molecule has 0 aromatic heterocycles. The van der Waals surface area contributed by atoms with Crippen LogP contribution in [0.4, 0.5) is 0 Å². The van der Waals surface area contributed by atoms with Crippen LogP contribution in [0.5, 0.6) is 11.5 Å². The van der Waals surface area contributed by atoms with Crippen LogP contribution < -0.4 is 14.8 Å². The Morgan fingerprint density at radius 3 is 2.54 bits per heavy atom. The number of para-hydroxylation sites is 2. The van der Waals surface area contributed by atoms with Crippen molar-refractivity contribution in [2.45, 2.75) is 39.0 Å². The highest BCUT2D eigenvalue weighted by Crippen LogP contribution is 2.25. The van der Waals surface area contributed by atoms with Gasteiger partial charge in [0, 0.05) is 6.42 Å². The topological polar surface area (TPSA) is 73.9 Å². The fourth-order valence-electron chi connectivity index (χ4n) is 2.07. The van der Waals surface area contributed by atoms with Gasteiger partial charge in [0.2, 0.25) is 5.91 Å². The number of ether oxygens (including phenoxy) is 3. The van der Waals surface area contributed by atoms with Crippen LogP contribution in [-0.2, 0) is 14.3 Å². The fourth-order valence-corrected chi connectivity index (χ4v) is 2.07. The largest absolute Gasteiger partial charge is 0.493 e. The summed E-state index contributed by atoms with van der Waals surface area (Å²) in [6.45, 7) is 2.37. The predicted octanol–water partition coefficient (Wildman–Crippen LogP) is 2.70. The predicted molar refractivity (Wildman–Crippen MR) is 91.2 cm³/mol. The first-order chi connectivity index (χ1) is 11.7. The number of amides is 1. The van der Waals surface area contributed by atoms with Gasteiger partial charge in [-0.25, -0.2) is 4.79 Å². The van der Waals surface area contributed by atoms with Gasteiger partial charge < -0.3 is 19.5 Å². The van der Waals surface area contributed by atoms with Crippen LogP contribution in [0.2, 0.25) is 0 Å². The minimum absolute atomic E-state index is 0.00701. The van der Waals surface area contributed by atoms with Gasteiger partial charge in [-0.3, -0.25) is 4.79 Å². The highest BCUT2D eigenvalue weighted by atomic mass is 16.6. The first-order valence-electron chi connectivity index (χ1n) is 8.35. The van der Waals surface area contributed by atoms with Crippen molar-refractivity contribution in [1.82, 2.24) is 5.32 Å². The van der Waals surface area contributed by atoms with Gasteiger partial charge in [-0.2, -0.15) is 0 Å². The molecule has 134 valence electrons. The average Bonchev–Trinajstić information content (AvgIpc) is 2.61. The van der Waals surface area contributed by atoms with E-state index in [1.165, 1.54) is 7.11 Å². The van der Waals surface area contributed by atoms with E-state index in [0.717, 1.165) is 25.7 Å². The molecule has 0 aliphatic heterocycles. The fraction of sp³-hybridized carbons (Fsp3) is 0.556. The van der Waals surface area contributed by atoms with Gasteiger partial charge in [0.25, 0.3) is 0 Å². The van der Waals surface area contributed by atoms with Crippen LogP contribution >= 0.6 is 0 Å². The molecule has 0 fully saturated rings. The molecule has 6 heteroatoms. The molecular weight excluding hydrogens is 310 g/mol. The Morgan fingerprint density at radius 1 is 1.08 bits per heavy atom. The maximum Gasteiger partial charge on any atom is 0.344 e. The van der Waals surface area contributed by atoms with E-state index in [-0.39, 0.29) is 19.1 Å². The molecular formula is C18H27NO5. The number of carbonyl (C=O) groups is 2. The number of methoxy groups -OCH3 is 1. The Morgan fingerprint density at radius 2 is 1.83 bits per heavy atom. The summed E-state index contributed by atoms with van der Waals surface area (Å²) in [6, 6.07) is 7.07.